The minimum Gasteiger partial charge on any atom is -0.395 e. The van der Waals surface area contributed by atoms with Crippen LogP contribution in [0.3, 0.4) is 0 Å². The fourth-order valence-electron chi connectivity index (χ4n) is 2.77. The molecule has 0 fully saturated rings. The average molecular weight is 264 g/mol. The van der Waals surface area contributed by atoms with Crippen LogP contribution >= 0.6 is 0 Å². The number of benzene rings is 1. The van der Waals surface area contributed by atoms with E-state index in [9.17, 15) is 10.2 Å². The summed E-state index contributed by atoms with van der Waals surface area (Å²) < 4.78 is 0. The van der Waals surface area contributed by atoms with E-state index in [4.69, 9.17) is 0 Å². The zero-order chi connectivity index (χ0) is 14.1. The van der Waals surface area contributed by atoms with Gasteiger partial charge in [0.1, 0.15) is 0 Å². The predicted octanol–water partition coefficient (Wildman–Crippen LogP) is 3.52. The molecule has 19 heavy (non-hydrogen) atoms. The fraction of sp³-hybridized carbons (Fsp3) is 0.647. The molecule has 0 heterocycles. The third-order valence-electron chi connectivity index (χ3n) is 4.21. The SMILES string of the molecule is CCCCC(CC)CC(CO)(CO)c1ccccc1. The second-order valence-electron chi connectivity index (χ2n) is 5.58. The van der Waals surface area contributed by atoms with Crippen molar-refractivity contribution in [1.82, 2.24) is 0 Å². The first kappa shape index (κ1) is 16.2. The summed E-state index contributed by atoms with van der Waals surface area (Å²) in [7, 11) is 0. The largest absolute Gasteiger partial charge is 0.395 e. The Morgan fingerprint density at radius 3 is 2.16 bits per heavy atom. The van der Waals surface area contributed by atoms with Crippen LogP contribution in [0.1, 0.15) is 51.5 Å². The van der Waals surface area contributed by atoms with E-state index in [-0.39, 0.29) is 13.2 Å². The van der Waals surface area contributed by atoms with Gasteiger partial charge in [-0.2, -0.15) is 0 Å². The molecule has 0 aliphatic carbocycles. The Kier molecular flexibility index (Phi) is 7.11. The molecular formula is C17H28O2. The molecule has 1 rings (SSSR count). The molecule has 2 N–H and O–H groups in total. The van der Waals surface area contributed by atoms with Crippen molar-refractivity contribution in [3.63, 3.8) is 0 Å². The van der Waals surface area contributed by atoms with E-state index in [0.29, 0.717) is 5.92 Å². The Bertz CT molecular complexity index is 330. The molecule has 0 bridgehead atoms. The molecule has 0 spiro atoms. The van der Waals surface area contributed by atoms with E-state index < -0.39 is 5.41 Å². The van der Waals surface area contributed by atoms with Crippen molar-refractivity contribution in [3.8, 4) is 0 Å². The molecule has 0 saturated heterocycles. The van der Waals surface area contributed by atoms with Crippen LogP contribution in [0, 0.1) is 5.92 Å². The van der Waals surface area contributed by atoms with Gasteiger partial charge in [0.15, 0.2) is 0 Å². The topological polar surface area (TPSA) is 40.5 Å². The quantitative estimate of drug-likeness (QED) is 0.716. The maximum absolute atomic E-state index is 9.84. The highest BCUT2D eigenvalue weighted by molar-refractivity contribution is 5.26. The van der Waals surface area contributed by atoms with Crippen molar-refractivity contribution in [1.29, 1.82) is 0 Å². The molecule has 2 nitrogen and oxygen atoms in total. The van der Waals surface area contributed by atoms with Crippen molar-refractivity contribution in [2.45, 2.75) is 51.4 Å². The first-order valence-corrected chi connectivity index (χ1v) is 7.49. The zero-order valence-electron chi connectivity index (χ0n) is 12.3. The molecule has 1 aromatic rings. The van der Waals surface area contributed by atoms with Gasteiger partial charge < -0.3 is 10.2 Å². The highest BCUT2D eigenvalue weighted by atomic mass is 16.3. The third-order valence-corrected chi connectivity index (χ3v) is 4.21. The van der Waals surface area contributed by atoms with E-state index in [1.807, 2.05) is 30.3 Å². The molecular weight excluding hydrogens is 236 g/mol. The Labute approximate surface area is 117 Å². The van der Waals surface area contributed by atoms with Crippen LogP contribution in [-0.2, 0) is 5.41 Å². The van der Waals surface area contributed by atoms with E-state index in [2.05, 4.69) is 13.8 Å². The van der Waals surface area contributed by atoms with Gasteiger partial charge in [-0.3, -0.25) is 0 Å². The summed E-state index contributed by atoms with van der Waals surface area (Å²) >= 11 is 0. The van der Waals surface area contributed by atoms with Crippen molar-refractivity contribution >= 4 is 0 Å². The predicted molar refractivity (Wildman–Crippen MR) is 80.2 cm³/mol. The van der Waals surface area contributed by atoms with Crippen LogP contribution in [0.4, 0.5) is 0 Å². The Balaban J connectivity index is 2.87. The third kappa shape index (κ3) is 4.32. The lowest BCUT2D eigenvalue weighted by Crippen LogP contribution is -2.37. The zero-order valence-corrected chi connectivity index (χ0v) is 12.3. The maximum atomic E-state index is 9.84. The van der Waals surface area contributed by atoms with Crippen LogP contribution < -0.4 is 0 Å². The molecule has 0 amide bonds. The molecule has 1 aromatic carbocycles. The van der Waals surface area contributed by atoms with Gasteiger partial charge in [-0.1, -0.05) is 69.9 Å². The minimum atomic E-state index is -0.490. The monoisotopic (exact) mass is 264 g/mol. The van der Waals surface area contributed by atoms with Gasteiger partial charge in [0, 0.05) is 5.41 Å². The molecule has 0 radical (unpaired) electrons. The van der Waals surface area contributed by atoms with E-state index >= 15 is 0 Å². The Hall–Kier alpha value is -0.860. The summed E-state index contributed by atoms with van der Waals surface area (Å²) in [6.45, 7) is 4.42. The first-order valence-electron chi connectivity index (χ1n) is 7.49. The summed E-state index contributed by atoms with van der Waals surface area (Å²) in [5.41, 5.74) is 0.560. The van der Waals surface area contributed by atoms with Crippen LogP contribution in [0.15, 0.2) is 30.3 Å². The van der Waals surface area contributed by atoms with Gasteiger partial charge in [0.05, 0.1) is 13.2 Å². The highest BCUT2D eigenvalue weighted by Gasteiger charge is 2.33. The van der Waals surface area contributed by atoms with Crippen molar-refractivity contribution in [2.24, 2.45) is 5.92 Å². The Morgan fingerprint density at radius 2 is 1.68 bits per heavy atom. The summed E-state index contributed by atoms with van der Waals surface area (Å²) in [6.07, 6.45) is 5.57. The van der Waals surface area contributed by atoms with Gasteiger partial charge in [0.2, 0.25) is 0 Å². The molecule has 0 aliphatic rings. The van der Waals surface area contributed by atoms with Gasteiger partial charge in [-0.25, -0.2) is 0 Å². The molecule has 0 aromatic heterocycles. The van der Waals surface area contributed by atoms with Crippen LogP contribution in [0.25, 0.3) is 0 Å². The molecule has 108 valence electrons. The highest BCUT2D eigenvalue weighted by Crippen LogP contribution is 2.33. The lowest BCUT2D eigenvalue weighted by Gasteiger charge is -2.34. The number of aliphatic hydroxyl groups is 2. The summed E-state index contributed by atoms with van der Waals surface area (Å²) in [5, 5.41) is 19.7. The summed E-state index contributed by atoms with van der Waals surface area (Å²) in [5.74, 6) is 0.569. The van der Waals surface area contributed by atoms with E-state index in [0.717, 1.165) is 18.4 Å². The smallest absolute Gasteiger partial charge is 0.0550 e. The molecule has 1 atom stereocenters. The average Bonchev–Trinajstić information content (AvgIpc) is 2.49. The summed E-state index contributed by atoms with van der Waals surface area (Å²) in [6, 6.07) is 9.94. The first-order chi connectivity index (χ1) is 9.22. The Morgan fingerprint density at radius 1 is 1.05 bits per heavy atom. The van der Waals surface area contributed by atoms with Gasteiger partial charge in [-0.05, 0) is 17.9 Å². The number of aliphatic hydroxyl groups excluding tert-OH is 2. The van der Waals surface area contributed by atoms with E-state index in [1.54, 1.807) is 0 Å². The second-order valence-corrected chi connectivity index (χ2v) is 5.58. The van der Waals surface area contributed by atoms with Crippen molar-refractivity contribution in [2.75, 3.05) is 13.2 Å². The van der Waals surface area contributed by atoms with Crippen molar-refractivity contribution < 1.29 is 10.2 Å². The molecule has 0 aliphatic heterocycles. The lowest BCUT2D eigenvalue weighted by molar-refractivity contribution is 0.0922. The van der Waals surface area contributed by atoms with E-state index in [1.165, 1.54) is 19.3 Å². The fourth-order valence-corrected chi connectivity index (χ4v) is 2.77. The number of hydrogen-bond donors (Lipinski definition) is 2. The molecule has 1 unspecified atom stereocenters. The van der Waals surface area contributed by atoms with Crippen molar-refractivity contribution in [3.05, 3.63) is 35.9 Å². The number of unbranched alkanes of at least 4 members (excludes halogenated alkanes) is 1. The van der Waals surface area contributed by atoms with Crippen LogP contribution in [0.2, 0.25) is 0 Å². The molecule has 0 saturated carbocycles. The minimum absolute atomic E-state index is 0.0101. The second kappa shape index (κ2) is 8.34. The standard InChI is InChI=1S/C17H28O2/c1-3-5-9-15(4-2)12-17(13-18,14-19)16-10-7-6-8-11-16/h6-8,10-11,15,18-19H,3-5,9,12-14H2,1-2H3. The van der Waals surface area contributed by atoms with Crippen LogP contribution in [-0.4, -0.2) is 23.4 Å². The maximum Gasteiger partial charge on any atom is 0.0550 e. The normalized spacial score (nSPS) is 13.5. The van der Waals surface area contributed by atoms with Gasteiger partial charge in [-0.15, -0.1) is 0 Å². The number of rotatable bonds is 9. The molecule has 2 heteroatoms. The van der Waals surface area contributed by atoms with Crippen LogP contribution in [0.5, 0.6) is 0 Å². The lowest BCUT2D eigenvalue weighted by atomic mass is 9.73. The van der Waals surface area contributed by atoms with Gasteiger partial charge >= 0.3 is 0 Å². The summed E-state index contributed by atoms with van der Waals surface area (Å²) in [4.78, 5) is 0. The number of hydrogen-bond acceptors (Lipinski definition) is 2. The van der Waals surface area contributed by atoms with Gasteiger partial charge in [0.25, 0.3) is 0 Å².